The molecule has 2 unspecified atom stereocenters. The van der Waals surface area contributed by atoms with Gasteiger partial charge in [-0.2, -0.15) is 0 Å². The number of nitrogens with zero attached hydrogens (tertiary/aromatic N) is 1. The molecule has 0 aromatic carbocycles. The molecule has 98 valence electrons. The van der Waals surface area contributed by atoms with E-state index in [-0.39, 0.29) is 12.0 Å². The summed E-state index contributed by atoms with van der Waals surface area (Å²) in [5.41, 5.74) is -0.453. The molecule has 2 rings (SSSR count). The van der Waals surface area contributed by atoms with E-state index in [4.69, 9.17) is 27.9 Å². The topological polar surface area (TPSA) is 29.5 Å². The van der Waals surface area contributed by atoms with Gasteiger partial charge in [0, 0.05) is 19.0 Å². The number of likely N-dealkylation sites (tertiary alicyclic amines) is 1. The molecule has 2 atom stereocenters. The van der Waals surface area contributed by atoms with Crippen molar-refractivity contribution >= 4 is 29.3 Å². The van der Waals surface area contributed by atoms with Crippen molar-refractivity contribution in [3.63, 3.8) is 0 Å². The van der Waals surface area contributed by atoms with Crippen LogP contribution in [0.3, 0.4) is 0 Å². The molecule has 0 N–H and O–H groups in total. The highest BCUT2D eigenvalue weighted by molar-refractivity contribution is 6.51. The number of amides is 1. The molecule has 1 amide bonds. The zero-order valence-corrected chi connectivity index (χ0v) is 12.0. The SMILES string of the molecule is CC(C)(C)OC(=O)N1CCCC2C(C1)C2(Cl)Cl. The van der Waals surface area contributed by atoms with Gasteiger partial charge in [-0.1, -0.05) is 0 Å². The van der Waals surface area contributed by atoms with E-state index in [1.807, 2.05) is 20.8 Å². The lowest BCUT2D eigenvalue weighted by Gasteiger charge is -2.27. The molecule has 0 aromatic rings. The van der Waals surface area contributed by atoms with Crippen LogP contribution >= 0.6 is 23.2 Å². The van der Waals surface area contributed by atoms with Crippen LogP contribution in [0.2, 0.25) is 0 Å². The van der Waals surface area contributed by atoms with Crippen LogP contribution < -0.4 is 0 Å². The van der Waals surface area contributed by atoms with E-state index >= 15 is 0 Å². The number of carbonyl (C=O) groups is 1. The standard InChI is InChI=1S/C12H19Cl2NO2/c1-11(2,3)17-10(16)15-6-4-5-8-9(7-15)12(8,13)14/h8-9H,4-7H2,1-3H3. The molecule has 0 radical (unpaired) electrons. The third kappa shape index (κ3) is 2.82. The minimum atomic E-state index is -0.624. The normalized spacial score (nSPS) is 31.5. The zero-order valence-electron chi connectivity index (χ0n) is 10.5. The van der Waals surface area contributed by atoms with Crippen LogP contribution in [0, 0.1) is 11.8 Å². The Morgan fingerprint density at radius 3 is 2.59 bits per heavy atom. The maximum Gasteiger partial charge on any atom is 0.410 e. The molecule has 17 heavy (non-hydrogen) atoms. The van der Waals surface area contributed by atoms with Crippen molar-refractivity contribution in [2.24, 2.45) is 11.8 Å². The van der Waals surface area contributed by atoms with Crippen LogP contribution in [0.5, 0.6) is 0 Å². The highest BCUT2D eigenvalue weighted by atomic mass is 35.5. The molecule has 1 saturated carbocycles. The molecule has 3 nitrogen and oxygen atoms in total. The number of hydrogen-bond acceptors (Lipinski definition) is 2. The molecule has 2 aliphatic rings. The van der Waals surface area contributed by atoms with Gasteiger partial charge in [0.05, 0.1) is 0 Å². The Morgan fingerprint density at radius 2 is 2.00 bits per heavy atom. The second kappa shape index (κ2) is 4.20. The summed E-state index contributed by atoms with van der Waals surface area (Å²) in [6.07, 6.45) is 1.69. The van der Waals surface area contributed by atoms with Gasteiger partial charge in [0.1, 0.15) is 9.93 Å². The van der Waals surface area contributed by atoms with E-state index in [1.54, 1.807) is 4.90 Å². The average molecular weight is 280 g/mol. The van der Waals surface area contributed by atoms with E-state index in [2.05, 4.69) is 0 Å². The molecule has 1 aliphatic carbocycles. The molecule has 1 saturated heterocycles. The van der Waals surface area contributed by atoms with Crippen molar-refractivity contribution in [1.82, 2.24) is 4.90 Å². The Bertz CT molecular complexity index is 325. The van der Waals surface area contributed by atoms with Crippen LogP contribution in [-0.2, 0) is 4.74 Å². The molecule has 1 aliphatic heterocycles. The summed E-state index contributed by atoms with van der Waals surface area (Å²) in [5, 5.41) is 0. The van der Waals surface area contributed by atoms with E-state index in [0.29, 0.717) is 12.5 Å². The number of hydrogen-bond donors (Lipinski definition) is 0. The second-order valence-corrected chi connectivity index (χ2v) is 7.40. The van der Waals surface area contributed by atoms with Gasteiger partial charge in [0.15, 0.2) is 0 Å². The van der Waals surface area contributed by atoms with Gasteiger partial charge in [0.25, 0.3) is 0 Å². The van der Waals surface area contributed by atoms with Gasteiger partial charge in [-0.3, -0.25) is 0 Å². The van der Waals surface area contributed by atoms with Crippen LogP contribution in [0.1, 0.15) is 33.6 Å². The minimum Gasteiger partial charge on any atom is -0.444 e. The third-order valence-electron chi connectivity index (χ3n) is 3.38. The summed E-state index contributed by atoms with van der Waals surface area (Å²) in [6, 6.07) is 0. The van der Waals surface area contributed by atoms with E-state index < -0.39 is 9.93 Å². The predicted octanol–water partition coefficient (Wildman–Crippen LogP) is 3.44. The van der Waals surface area contributed by atoms with E-state index in [0.717, 1.165) is 19.4 Å². The molecule has 1 heterocycles. The van der Waals surface area contributed by atoms with Crippen LogP contribution in [-0.4, -0.2) is 34.0 Å². The van der Waals surface area contributed by atoms with Crippen molar-refractivity contribution in [1.29, 1.82) is 0 Å². The number of halogens is 2. The Kier molecular flexibility index (Phi) is 3.28. The van der Waals surface area contributed by atoms with Crippen LogP contribution in [0.25, 0.3) is 0 Å². The molecular formula is C12H19Cl2NO2. The largest absolute Gasteiger partial charge is 0.444 e. The zero-order chi connectivity index (χ0) is 12.8. The van der Waals surface area contributed by atoms with Gasteiger partial charge in [-0.05, 0) is 39.5 Å². The van der Waals surface area contributed by atoms with Crippen molar-refractivity contribution < 1.29 is 9.53 Å². The minimum absolute atomic E-state index is 0.209. The maximum absolute atomic E-state index is 12.0. The summed E-state index contributed by atoms with van der Waals surface area (Å²) in [7, 11) is 0. The van der Waals surface area contributed by atoms with Crippen molar-refractivity contribution in [3.05, 3.63) is 0 Å². The molecule has 0 aromatic heterocycles. The Balaban J connectivity index is 1.96. The quantitative estimate of drug-likeness (QED) is 0.636. The van der Waals surface area contributed by atoms with E-state index in [1.165, 1.54) is 0 Å². The summed E-state index contributed by atoms with van der Waals surface area (Å²) in [6.45, 7) is 6.97. The van der Waals surface area contributed by atoms with Crippen LogP contribution in [0.4, 0.5) is 4.79 Å². The van der Waals surface area contributed by atoms with Crippen LogP contribution in [0.15, 0.2) is 0 Å². The summed E-state index contributed by atoms with van der Waals surface area (Å²) >= 11 is 12.4. The smallest absolute Gasteiger partial charge is 0.410 e. The fraction of sp³-hybridized carbons (Fsp3) is 0.917. The fourth-order valence-corrected chi connectivity index (χ4v) is 3.26. The summed E-state index contributed by atoms with van der Waals surface area (Å²) < 4.78 is 4.74. The maximum atomic E-state index is 12.0. The first-order valence-electron chi connectivity index (χ1n) is 6.07. The van der Waals surface area contributed by atoms with Crippen molar-refractivity contribution in [3.8, 4) is 0 Å². The molecule has 5 heteroatoms. The monoisotopic (exact) mass is 279 g/mol. The summed E-state index contributed by atoms with van der Waals surface area (Å²) in [4.78, 5) is 13.7. The number of ether oxygens (including phenoxy) is 1. The lowest BCUT2D eigenvalue weighted by molar-refractivity contribution is 0.0246. The number of carbonyl (C=O) groups excluding carboxylic acids is 1. The van der Waals surface area contributed by atoms with Gasteiger partial charge in [-0.15, -0.1) is 23.2 Å². The van der Waals surface area contributed by atoms with Crippen molar-refractivity contribution in [2.45, 2.75) is 43.5 Å². The molecular weight excluding hydrogens is 261 g/mol. The Labute approximate surface area is 112 Å². The van der Waals surface area contributed by atoms with Crippen molar-refractivity contribution in [2.75, 3.05) is 13.1 Å². The first-order chi connectivity index (χ1) is 7.72. The van der Waals surface area contributed by atoms with Gasteiger partial charge in [0.2, 0.25) is 0 Å². The Hall–Kier alpha value is -0.150. The van der Waals surface area contributed by atoms with Gasteiger partial charge < -0.3 is 9.64 Å². The van der Waals surface area contributed by atoms with E-state index in [9.17, 15) is 4.79 Å². The summed E-state index contributed by atoms with van der Waals surface area (Å²) in [5.74, 6) is 0.555. The van der Waals surface area contributed by atoms with Gasteiger partial charge in [-0.25, -0.2) is 4.79 Å². The first-order valence-corrected chi connectivity index (χ1v) is 6.83. The highest BCUT2D eigenvalue weighted by Gasteiger charge is 2.63. The Morgan fingerprint density at radius 1 is 1.35 bits per heavy atom. The molecule has 2 fully saturated rings. The highest BCUT2D eigenvalue weighted by Crippen LogP contribution is 2.62. The third-order valence-corrected chi connectivity index (χ3v) is 4.50. The van der Waals surface area contributed by atoms with Gasteiger partial charge >= 0.3 is 6.09 Å². The fourth-order valence-electron chi connectivity index (χ4n) is 2.43. The number of fused-ring (bicyclic) bond motifs is 1. The number of rotatable bonds is 0. The first kappa shape index (κ1) is 13.3. The molecule has 0 spiro atoms. The lowest BCUT2D eigenvalue weighted by Crippen LogP contribution is -2.38. The average Bonchev–Trinajstić information content (AvgIpc) is 2.73. The number of alkyl halides is 2. The molecule has 0 bridgehead atoms. The lowest BCUT2D eigenvalue weighted by atomic mass is 10.2. The second-order valence-electron chi connectivity index (χ2n) is 5.96. The predicted molar refractivity (Wildman–Crippen MR) is 68.5 cm³/mol.